The molecule has 1 amide bonds. The molecule has 3 aromatic rings. The Morgan fingerprint density at radius 3 is 2.71 bits per heavy atom. The highest BCUT2D eigenvalue weighted by molar-refractivity contribution is 5.77. The molecule has 6 heteroatoms. The van der Waals surface area contributed by atoms with Crippen LogP contribution in [0.4, 0.5) is 0 Å². The zero-order chi connectivity index (χ0) is 17.1. The van der Waals surface area contributed by atoms with Crippen molar-refractivity contribution in [2.75, 3.05) is 6.54 Å². The van der Waals surface area contributed by atoms with Crippen LogP contribution in [0.25, 0.3) is 11.0 Å². The summed E-state index contributed by atoms with van der Waals surface area (Å²) in [6, 6.07) is 8.01. The van der Waals surface area contributed by atoms with E-state index < -0.39 is 0 Å². The molecule has 126 valence electrons. The predicted octanol–water partition coefficient (Wildman–Crippen LogP) is 2.36. The summed E-state index contributed by atoms with van der Waals surface area (Å²) < 4.78 is 4.15. The summed E-state index contributed by atoms with van der Waals surface area (Å²) in [6.45, 7) is 7.99. The fraction of sp³-hybridized carbons (Fsp3) is 0.389. The van der Waals surface area contributed by atoms with Crippen molar-refractivity contribution in [1.29, 1.82) is 0 Å². The maximum atomic E-state index is 12.1. The van der Waals surface area contributed by atoms with Crippen LogP contribution >= 0.6 is 0 Å². The SMILES string of the molecule is Cc1ncn(CCNC(=O)CCn2c(C)nc3ccccc32)c1C. The molecule has 0 bridgehead atoms. The first-order chi connectivity index (χ1) is 11.6. The van der Waals surface area contributed by atoms with Gasteiger partial charge in [0.25, 0.3) is 0 Å². The topological polar surface area (TPSA) is 64.7 Å². The van der Waals surface area contributed by atoms with Crippen LogP contribution in [0.3, 0.4) is 0 Å². The molecule has 0 spiro atoms. The third-order valence-electron chi connectivity index (χ3n) is 4.43. The lowest BCUT2D eigenvalue weighted by molar-refractivity contribution is -0.121. The van der Waals surface area contributed by atoms with Crippen LogP contribution in [-0.4, -0.2) is 31.6 Å². The van der Waals surface area contributed by atoms with E-state index >= 15 is 0 Å². The van der Waals surface area contributed by atoms with Crippen LogP contribution in [-0.2, 0) is 17.9 Å². The summed E-state index contributed by atoms with van der Waals surface area (Å²) in [5, 5.41) is 2.98. The van der Waals surface area contributed by atoms with Crippen molar-refractivity contribution in [2.45, 2.75) is 40.3 Å². The molecule has 0 saturated heterocycles. The maximum absolute atomic E-state index is 12.1. The number of aryl methyl sites for hydroxylation is 3. The van der Waals surface area contributed by atoms with Gasteiger partial charge in [-0.05, 0) is 32.9 Å². The molecule has 3 rings (SSSR count). The van der Waals surface area contributed by atoms with Crippen LogP contribution in [0.15, 0.2) is 30.6 Å². The van der Waals surface area contributed by atoms with Crippen molar-refractivity contribution < 1.29 is 4.79 Å². The second-order valence-electron chi connectivity index (χ2n) is 6.01. The quantitative estimate of drug-likeness (QED) is 0.757. The van der Waals surface area contributed by atoms with Gasteiger partial charge in [-0.1, -0.05) is 12.1 Å². The first-order valence-corrected chi connectivity index (χ1v) is 8.23. The Balaban J connectivity index is 1.52. The third-order valence-corrected chi connectivity index (χ3v) is 4.43. The smallest absolute Gasteiger partial charge is 0.221 e. The molecule has 6 nitrogen and oxygen atoms in total. The Morgan fingerprint density at radius 2 is 1.96 bits per heavy atom. The summed E-state index contributed by atoms with van der Waals surface area (Å²) in [5.41, 5.74) is 4.22. The van der Waals surface area contributed by atoms with Crippen LogP contribution in [0, 0.1) is 20.8 Å². The first-order valence-electron chi connectivity index (χ1n) is 8.23. The monoisotopic (exact) mass is 325 g/mol. The van der Waals surface area contributed by atoms with Gasteiger partial charge in [0.2, 0.25) is 5.91 Å². The largest absolute Gasteiger partial charge is 0.354 e. The molecule has 0 aliphatic carbocycles. The van der Waals surface area contributed by atoms with E-state index in [4.69, 9.17) is 0 Å². The highest BCUT2D eigenvalue weighted by atomic mass is 16.1. The van der Waals surface area contributed by atoms with Gasteiger partial charge in [-0.15, -0.1) is 0 Å². The Labute approximate surface area is 141 Å². The minimum atomic E-state index is 0.0571. The van der Waals surface area contributed by atoms with E-state index in [1.807, 2.05) is 51.4 Å². The molecule has 0 aliphatic rings. The Bertz CT molecular complexity index is 862. The van der Waals surface area contributed by atoms with Gasteiger partial charge < -0.3 is 14.5 Å². The third kappa shape index (κ3) is 3.32. The number of fused-ring (bicyclic) bond motifs is 1. The maximum Gasteiger partial charge on any atom is 0.221 e. The number of rotatable bonds is 6. The second kappa shape index (κ2) is 6.86. The summed E-state index contributed by atoms with van der Waals surface area (Å²) in [5.74, 6) is 0.996. The zero-order valence-corrected chi connectivity index (χ0v) is 14.4. The fourth-order valence-corrected chi connectivity index (χ4v) is 2.87. The number of hydrogen-bond donors (Lipinski definition) is 1. The van der Waals surface area contributed by atoms with Crippen molar-refractivity contribution in [1.82, 2.24) is 24.4 Å². The summed E-state index contributed by atoms with van der Waals surface area (Å²) in [6.07, 6.45) is 2.26. The van der Waals surface area contributed by atoms with Gasteiger partial charge in [-0.3, -0.25) is 4.79 Å². The van der Waals surface area contributed by atoms with E-state index in [0.29, 0.717) is 19.5 Å². The van der Waals surface area contributed by atoms with Crippen molar-refractivity contribution in [2.24, 2.45) is 0 Å². The van der Waals surface area contributed by atoms with E-state index in [1.165, 1.54) is 0 Å². The highest BCUT2D eigenvalue weighted by Gasteiger charge is 2.09. The summed E-state index contributed by atoms with van der Waals surface area (Å²) in [4.78, 5) is 20.9. The number of carbonyl (C=O) groups excluding carboxylic acids is 1. The summed E-state index contributed by atoms with van der Waals surface area (Å²) >= 11 is 0. The number of nitrogens with one attached hydrogen (secondary N) is 1. The van der Waals surface area contributed by atoms with Gasteiger partial charge in [0.05, 0.1) is 23.1 Å². The Kier molecular flexibility index (Phi) is 4.64. The van der Waals surface area contributed by atoms with Crippen LogP contribution in [0.1, 0.15) is 23.6 Å². The molecule has 0 atom stereocenters. The number of carbonyl (C=O) groups is 1. The number of benzene rings is 1. The van der Waals surface area contributed by atoms with Crippen LogP contribution < -0.4 is 5.32 Å². The number of amides is 1. The second-order valence-corrected chi connectivity index (χ2v) is 6.01. The molecule has 2 aromatic heterocycles. The Morgan fingerprint density at radius 1 is 1.17 bits per heavy atom. The normalized spacial score (nSPS) is 11.1. The molecule has 0 saturated carbocycles. The van der Waals surface area contributed by atoms with Gasteiger partial charge in [0.15, 0.2) is 0 Å². The minimum absolute atomic E-state index is 0.0571. The molecule has 1 N–H and O–H groups in total. The minimum Gasteiger partial charge on any atom is -0.354 e. The molecule has 0 aliphatic heterocycles. The molecule has 0 radical (unpaired) electrons. The van der Waals surface area contributed by atoms with E-state index in [9.17, 15) is 4.79 Å². The number of imidazole rings is 2. The summed E-state index contributed by atoms with van der Waals surface area (Å²) in [7, 11) is 0. The molecule has 2 heterocycles. The number of nitrogens with zero attached hydrogens (tertiary/aromatic N) is 4. The highest BCUT2D eigenvalue weighted by Crippen LogP contribution is 2.15. The lowest BCUT2D eigenvalue weighted by Gasteiger charge is -2.09. The first kappa shape index (κ1) is 16.2. The average Bonchev–Trinajstić information content (AvgIpc) is 3.06. The molecule has 1 aromatic carbocycles. The molecule has 0 unspecified atom stereocenters. The molecular formula is C18H23N5O. The van der Waals surface area contributed by atoms with Gasteiger partial charge in [0, 0.05) is 31.7 Å². The number of aromatic nitrogens is 4. The predicted molar refractivity (Wildman–Crippen MR) is 93.8 cm³/mol. The van der Waals surface area contributed by atoms with Crippen molar-refractivity contribution in [3.63, 3.8) is 0 Å². The Hall–Kier alpha value is -2.63. The van der Waals surface area contributed by atoms with Gasteiger partial charge in [0.1, 0.15) is 5.82 Å². The van der Waals surface area contributed by atoms with Gasteiger partial charge >= 0.3 is 0 Å². The van der Waals surface area contributed by atoms with E-state index in [0.717, 1.165) is 34.8 Å². The van der Waals surface area contributed by atoms with Crippen LogP contribution in [0.5, 0.6) is 0 Å². The zero-order valence-electron chi connectivity index (χ0n) is 14.4. The molecule has 24 heavy (non-hydrogen) atoms. The van der Waals surface area contributed by atoms with Gasteiger partial charge in [-0.2, -0.15) is 0 Å². The van der Waals surface area contributed by atoms with E-state index in [-0.39, 0.29) is 5.91 Å². The lowest BCUT2D eigenvalue weighted by Crippen LogP contribution is -2.28. The molecular weight excluding hydrogens is 302 g/mol. The number of para-hydroxylation sites is 2. The molecule has 0 fully saturated rings. The van der Waals surface area contributed by atoms with E-state index in [1.54, 1.807) is 0 Å². The fourth-order valence-electron chi connectivity index (χ4n) is 2.87. The van der Waals surface area contributed by atoms with Crippen molar-refractivity contribution in [3.8, 4) is 0 Å². The van der Waals surface area contributed by atoms with Gasteiger partial charge in [-0.25, -0.2) is 9.97 Å². The lowest BCUT2D eigenvalue weighted by atomic mass is 10.3. The standard InChI is InChI=1S/C18H23N5O/c1-13-14(2)22(12-20-13)11-9-19-18(24)8-10-23-15(3)21-16-6-4-5-7-17(16)23/h4-7,12H,8-11H2,1-3H3,(H,19,24). The van der Waals surface area contributed by atoms with E-state index in [2.05, 4.69) is 24.4 Å². The average molecular weight is 325 g/mol. The number of hydrogen-bond acceptors (Lipinski definition) is 3. The van der Waals surface area contributed by atoms with Crippen molar-refractivity contribution in [3.05, 3.63) is 47.8 Å². The van der Waals surface area contributed by atoms with Crippen LogP contribution in [0.2, 0.25) is 0 Å². The van der Waals surface area contributed by atoms with Crippen molar-refractivity contribution >= 4 is 16.9 Å².